The molecule has 1 aromatic carbocycles. The van der Waals surface area contributed by atoms with Crippen LogP contribution < -0.4 is 9.73 Å². The van der Waals surface area contributed by atoms with Crippen LogP contribution in [0.5, 0.6) is 0 Å². The van der Waals surface area contributed by atoms with E-state index in [4.69, 9.17) is 23.2 Å². The highest BCUT2D eigenvalue weighted by Crippen LogP contribution is 2.26. The molecule has 1 N–H and O–H groups in total. The Labute approximate surface area is 152 Å². The maximum absolute atomic E-state index is 12.1. The molecular formula is C15H21Cl2N3O3S. The van der Waals surface area contributed by atoms with Gasteiger partial charge in [-0.25, -0.2) is 13.8 Å². The molecule has 0 heterocycles. The molecule has 0 spiro atoms. The summed E-state index contributed by atoms with van der Waals surface area (Å²) in [4.78, 5) is 12.1. The zero-order valence-electron chi connectivity index (χ0n) is 14.2. The van der Waals surface area contributed by atoms with Crippen molar-refractivity contribution >= 4 is 50.5 Å². The van der Waals surface area contributed by atoms with E-state index in [0.29, 0.717) is 5.71 Å². The smallest absolute Gasteiger partial charge is 0.260 e. The van der Waals surface area contributed by atoms with Gasteiger partial charge in [0.2, 0.25) is 10.0 Å². The van der Waals surface area contributed by atoms with Gasteiger partial charge in [-0.1, -0.05) is 44.0 Å². The van der Waals surface area contributed by atoms with Crippen LogP contribution in [0.15, 0.2) is 23.3 Å². The predicted molar refractivity (Wildman–Crippen MR) is 99.4 cm³/mol. The SMILES string of the molecule is C/C(=N/NC(=O)CN(c1cc(Cl)cc(Cl)c1)S(C)(=O)=O)C(C)(C)C. The zero-order chi connectivity index (χ0) is 18.7. The van der Waals surface area contributed by atoms with Crippen LogP contribution in [0.25, 0.3) is 0 Å². The Morgan fingerprint density at radius 2 is 1.71 bits per heavy atom. The summed E-state index contributed by atoms with van der Waals surface area (Å²) in [6, 6.07) is 4.32. The van der Waals surface area contributed by atoms with E-state index in [0.717, 1.165) is 10.6 Å². The van der Waals surface area contributed by atoms with E-state index in [9.17, 15) is 13.2 Å². The standard InChI is InChI=1S/C15H21Cl2N3O3S/c1-10(15(2,3)4)18-19-14(21)9-20(24(5,22)23)13-7-11(16)6-12(17)8-13/h6-8H,9H2,1-5H3,(H,19,21)/b18-10-. The highest BCUT2D eigenvalue weighted by molar-refractivity contribution is 7.92. The summed E-state index contributed by atoms with van der Waals surface area (Å²) >= 11 is 11.8. The van der Waals surface area contributed by atoms with Gasteiger partial charge in [0.1, 0.15) is 6.54 Å². The van der Waals surface area contributed by atoms with Crippen LogP contribution in [-0.4, -0.2) is 32.8 Å². The minimum absolute atomic E-state index is 0.204. The van der Waals surface area contributed by atoms with Crippen molar-refractivity contribution in [2.75, 3.05) is 17.1 Å². The van der Waals surface area contributed by atoms with E-state index in [1.165, 1.54) is 18.2 Å². The topological polar surface area (TPSA) is 78.8 Å². The Bertz CT molecular complexity index is 735. The average Bonchev–Trinajstić information content (AvgIpc) is 2.38. The summed E-state index contributed by atoms with van der Waals surface area (Å²) in [6.45, 7) is 7.21. The third-order valence-corrected chi connectivity index (χ3v) is 4.83. The molecule has 0 saturated carbocycles. The summed E-state index contributed by atoms with van der Waals surface area (Å²) in [5.74, 6) is -0.569. The van der Waals surface area contributed by atoms with E-state index in [-0.39, 0.29) is 21.1 Å². The van der Waals surface area contributed by atoms with Gasteiger partial charge in [-0.3, -0.25) is 9.10 Å². The van der Waals surface area contributed by atoms with E-state index in [2.05, 4.69) is 10.5 Å². The molecular weight excluding hydrogens is 373 g/mol. The number of nitrogens with zero attached hydrogens (tertiary/aromatic N) is 2. The van der Waals surface area contributed by atoms with Crippen LogP contribution in [0.2, 0.25) is 10.0 Å². The van der Waals surface area contributed by atoms with Crippen molar-refractivity contribution in [2.24, 2.45) is 10.5 Å². The molecule has 0 saturated heterocycles. The first kappa shape index (κ1) is 20.7. The van der Waals surface area contributed by atoms with Crippen molar-refractivity contribution in [2.45, 2.75) is 27.7 Å². The second kappa shape index (κ2) is 7.72. The molecule has 0 radical (unpaired) electrons. The molecule has 1 rings (SSSR count). The largest absolute Gasteiger partial charge is 0.271 e. The molecule has 0 bridgehead atoms. The first-order valence-electron chi connectivity index (χ1n) is 7.08. The molecule has 0 aliphatic carbocycles. The van der Waals surface area contributed by atoms with Gasteiger partial charge in [-0.05, 0) is 25.1 Å². The van der Waals surface area contributed by atoms with E-state index < -0.39 is 22.5 Å². The quantitative estimate of drug-likeness (QED) is 0.615. The second-order valence-corrected chi connectivity index (χ2v) is 9.16. The van der Waals surface area contributed by atoms with Crippen molar-refractivity contribution in [3.8, 4) is 0 Å². The van der Waals surface area contributed by atoms with Gasteiger partial charge in [0.25, 0.3) is 5.91 Å². The fraction of sp³-hybridized carbons (Fsp3) is 0.467. The van der Waals surface area contributed by atoms with Crippen LogP contribution in [0, 0.1) is 5.41 Å². The van der Waals surface area contributed by atoms with Crippen LogP contribution in [-0.2, 0) is 14.8 Å². The van der Waals surface area contributed by atoms with Gasteiger partial charge in [-0.2, -0.15) is 5.10 Å². The minimum atomic E-state index is -3.71. The van der Waals surface area contributed by atoms with Gasteiger partial charge >= 0.3 is 0 Å². The molecule has 134 valence electrons. The lowest BCUT2D eigenvalue weighted by Crippen LogP contribution is -2.39. The number of hydrogen-bond acceptors (Lipinski definition) is 4. The second-order valence-electron chi connectivity index (χ2n) is 6.38. The third kappa shape index (κ3) is 6.30. The lowest BCUT2D eigenvalue weighted by molar-refractivity contribution is -0.119. The Morgan fingerprint density at radius 3 is 2.12 bits per heavy atom. The number of hydrogen-bond donors (Lipinski definition) is 1. The molecule has 0 aliphatic rings. The summed E-state index contributed by atoms with van der Waals surface area (Å²) < 4.78 is 24.9. The number of halogens is 2. The van der Waals surface area contributed by atoms with Gasteiger partial charge in [0.15, 0.2) is 0 Å². The summed E-state index contributed by atoms with van der Waals surface area (Å²) in [5.41, 5.74) is 3.09. The maximum Gasteiger partial charge on any atom is 0.260 e. The lowest BCUT2D eigenvalue weighted by Gasteiger charge is -2.22. The molecule has 0 unspecified atom stereocenters. The molecule has 9 heteroatoms. The molecule has 0 aliphatic heterocycles. The summed E-state index contributed by atoms with van der Waals surface area (Å²) in [6.07, 6.45) is 0.999. The van der Waals surface area contributed by atoms with E-state index in [1.807, 2.05) is 20.8 Å². The molecule has 0 aromatic heterocycles. The Morgan fingerprint density at radius 1 is 1.21 bits per heavy atom. The highest BCUT2D eigenvalue weighted by Gasteiger charge is 2.22. The van der Waals surface area contributed by atoms with Crippen molar-refractivity contribution < 1.29 is 13.2 Å². The molecule has 6 nitrogen and oxygen atoms in total. The monoisotopic (exact) mass is 393 g/mol. The number of benzene rings is 1. The number of carbonyl (C=O) groups excluding carboxylic acids is 1. The van der Waals surface area contributed by atoms with Gasteiger partial charge < -0.3 is 0 Å². The van der Waals surface area contributed by atoms with Crippen LogP contribution >= 0.6 is 23.2 Å². The molecule has 0 atom stereocenters. The molecule has 0 fully saturated rings. The van der Waals surface area contributed by atoms with Crippen molar-refractivity contribution in [3.05, 3.63) is 28.2 Å². The highest BCUT2D eigenvalue weighted by atomic mass is 35.5. The van der Waals surface area contributed by atoms with Gasteiger partial charge in [0, 0.05) is 21.2 Å². The fourth-order valence-corrected chi connectivity index (χ4v) is 2.92. The molecule has 24 heavy (non-hydrogen) atoms. The Balaban J connectivity index is 3.02. The number of hydrazone groups is 1. The number of amides is 1. The summed E-state index contributed by atoms with van der Waals surface area (Å²) in [5, 5.41) is 4.55. The molecule has 1 aromatic rings. The minimum Gasteiger partial charge on any atom is -0.271 e. The van der Waals surface area contributed by atoms with Crippen LogP contribution in [0.3, 0.4) is 0 Å². The maximum atomic E-state index is 12.1. The molecule has 1 amide bonds. The van der Waals surface area contributed by atoms with Gasteiger partial charge in [-0.15, -0.1) is 0 Å². The third-order valence-electron chi connectivity index (χ3n) is 3.26. The van der Waals surface area contributed by atoms with Crippen molar-refractivity contribution in [1.82, 2.24) is 5.43 Å². The number of rotatable bonds is 5. The lowest BCUT2D eigenvalue weighted by atomic mass is 9.91. The van der Waals surface area contributed by atoms with Gasteiger partial charge in [0.05, 0.1) is 11.9 Å². The first-order valence-corrected chi connectivity index (χ1v) is 9.68. The van der Waals surface area contributed by atoms with Crippen molar-refractivity contribution in [3.63, 3.8) is 0 Å². The van der Waals surface area contributed by atoms with E-state index in [1.54, 1.807) is 6.92 Å². The number of nitrogens with one attached hydrogen (secondary N) is 1. The normalized spacial score (nSPS) is 12.9. The number of sulfonamides is 1. The Kier molecular flexibility index (Phi) is 6.67. The predicted octanol–water partition coefficient (Wildman–Crippen LogP) is 3.30. The van der Waals surface area contributed by atoms with Crippen LogP contribution in [0.4, 0.5) is 5.69 Å². The number of carbonyl (C=O) groups is 1. The summed E-state index contributed by atoms with van der Waals surface area (Å²) in [7, 11) is -3.71. The Hall–Kier alpha value is -1.31. The zero-order valence-corrected chi connectivity index (χ0v) is 16.6. The first-order chi connectivity index (χ1) is 10.8. The van der Waals surface area contributed by atoms with Crippen molar-refractivity contribution in [1.29, 1.82) is 0 Å². The average molecular weight is 394 g/mol. The fourth-order valence-electron chi connectivity index (χ4n) is 1.56. The number of anilines is 1. The van der Waals surface area contributed by atoms with E-state index >= 15 is 0 Å². The van der Waals surface area contributed by atoms with Crippen LogP contribution in [0.1, 0.15) is 27.7 Å².